The Balaban J connectivity index is 2.34. The number of hydrogen-bond acceptors (Lipinski definition) is 2. The molecule has 0 bridgehead atoms. The predicted octanol–water partition coefficient (Wildman–Crippen LogP) is 7.15. The Hall–Kier alpha value is -1.99. The van der Waals surface area contributed by atoms with E-state index in [1.165, 1.54) is 18.2 Å². The van der Waals surface area contributed by atoms with Crippen molar-refractivity contribution in [3.63, 3.8) is 0 Å². The molecule has 9 heteroatoms. The van der Waals surface area contributed by atoms with Gasteiger partial charge < -0.3 is 10.4 Å². The van der Waals surface area contributed by atoms with Crippen LogP contribution in [-0.2, 0) is 9.59 Å². The highest BCUT2D eigenvalue weighted by molar-refractivity contribution is 6.33. The lowest BCUT2D eigenvalue weighted by molar-refractivity contribution is -0.188. The quantitative estimate of drug-likeness (QED) is 0.385. The van der Waals surface area contributed by atoms with Crippen molar-refractivity contribution >= 4 is 40.8 Å². The molecule has 1 aliphatic rings. The number of carboxylic acids is 1. The molecule has 0 aromatic heterocycles. The molecule has 0 spiro atoms. The number of nitrogens with one attached hydrogen (secondary N) is 1. The topological polar surface area (TPSA) is 66.4 Å². The molecule has 1 aliphatic carbocycles. The van der Waals surface area contributed by atoms with E-state index >= 15 is 0 Å². The molecule has 0 fully saturated rings. The molecule has 0 radical (unpaired) electrons. The van der Waals surface area contributed by atoms with Crippen LogP contribution < -0.4 is 5.32 Å². The minimum atomic E-state index is -4.57. The van der Waals surface area contributed by atoms with Crippen LogP contribution in [0.1, 0.15) is 51.0 Å². The average Bonchev–Trinajstić information content (AvgIpc) is 2.70. The van der Waals surface area contributed by atoms with Crippen LogP contribution in [0.3, 0.4) is 0 Å². The summed E-state index contributed by atoms with van der Waals surface area (Å²) in [4.78, 5) is 24.3. The van der Waals surface area contributed by atoms with Crippen molar-refractivity contribution < 1.29 is 27.9 Å². The van der Waals surface area contributed by atoms with E-state index in [4.69, 9.17) is 23.2 Å². The van der Waals surface area contributed by atoms with Crippen molar-refractivity contribution in [1.29, 1.82) is 0 Å². The Morgan fingerprint density at radius 1 is 1.28 bits per heavy atom. The largest absolute Gasteiger partial charge is 0.481 e. The summed E-state index contributed by atoms with van der Waals surface area (Å²) in [6, 6.07) is 4.74. The molecule has 2 rings (SSSR count). The highest BCUT2D eigenvalue weighted by atomic mass is 35.5. The Kier molecular flexibility index (Phi) is 9.22. The van der Waals surface area contributed by atoms with Gasteiger partial charge in [0.25, 0.3) is 0 Å². The molecule has 1 unspecified atom stereocenters. The number of allylic oxidation sites excluding steroid dienone is 4. The van der Waals surface area contributed by atoms with Gasteiger partial charge in [0.2, 0.25) is 5.91 Å². The molecule has 32 heavy (non-hydrogen) atoms. The molecule has 0 aliphatic heterocycles. The maximum Gasteiger partial charge on any atom is 0.392 e. The molecule has 1 aromatic rings. The fraction of sp³-hybridized carbons (Fsp3) is 0.478. The SMILES string of the molecule is CCC[C@@H](CC(=O)O)c1ccc(Cl)c(NC(=O)[C@H](C2C=CC(Cl)=CC2)[C@@H](C)C(F)(F)F)c1. The number of carbonyl (C=O) groups excluding carboxylic acids is 1. The summed E-state index contributed by atoms with van der Waals surface area (Å²) in [5.74, 6) is -6.04. The molecular weight excluding hydrogens is 466 g/mol. The number of anilines is 1. The number of halogens is 5. The summed E-state index contributed by atoms with van der Waals surface area (Å²) in [6.45, 7) is 2.91. The molecule has 0 heterocycles. The molecule has 0 saturated carbocycles. The maximum atomic E-state index is 13.6. The van der Waals surface area contributed by atoms with Crippen molar-refractivity contribution in [1.82, 2.24) is 0 Å². The molecule has 2 N–H and O–H groups in total. The number of carbonyl (C=O) groups is 2. The average molecular weight is 492 g/mol. The Morgan fingerprint density at radius 2 is 1.97 bits per heavy atom. The van der Waals surface area contributed by atoms with Gasteiger partial charge in [-0.1, -0.05) is 61.7 Å². The lowest BCUT2D eigenvalue weighted by Crippen LogP contribution is -2.40. The summed E-state index contributed by atoms with van der Waals surface area (Å²) in [6.07, 6.45) is 1.50. The van der Waals surface area contributed by atoms with E-state index < -0.39 is 35.8 Å². The van der Waals surface area contributed by atoms with E-state index in [9.17, 15) is 27.9 Å². The van der Waals surface area contributed by atoms with Crippen molar-refractivity contribution in [3.8, 4) is 0 Å². The zero-order valence-electron chi connectivity index (χ0n) is 17.8. The van der Waals surface area contributed by atoms with E-state index in [0.717, 1.165) is 13.3 Å². The number of aliphatic carboxylic acids is 1. The van der Waals surface area contributed by atoms with Gasteiger partial charge in [-0.3, -0.25) is 9.59 Å². The van der Waals surface area contributed by atoms with Crippen molar-refractivity contribution in [2.24, 2.45) is 17.8 Å². The summed E-state index contributed by atoms with van der Waals surface area (Å²) < 4.78 is 40.7. The second-order valence-electron chi connectivity index (χ2n) is 8.02. The zero-order valence-corrected chi connectivity index (χ0v) is 19.3. The van der Waals surface area contributed by atoms with Crippen LogP contribution in [0, 0.1) is 17.8 Å². The van der Waals surface area contributed by atoms with Gasteiger partial charge in [0, 0.05) is 5.03 Å². The minimum Gasteiger partial charge on any atom is -0.481 e. The molecule has 1 amide bonds. The van der Waals surface area contributed by atoms with Gasteiger partial charge in [-0.15, -0.1) is 0 Å². The van der Waals surface area contributed by atoms with Gasteiger partial charge in [0.05, 0.1) is 29.0 Å². The van der Waals surface area contributed by atoms with Gasteiger partial charge in [-0.25, -0.2) is 0 Å². The number of benzene rings is 1. The maximum absolute atomic E-state index is 13.6. The number of amides is 1. The molecule has 176 valence electrons. The van der Waals surface area contributed by atoms with Crippen LogP contribution in [0.5, 0.6) is 0 Å². The smallest absolute Gasteiger partial charge is 0.392 e. The summed E-state index contributed by atoms with van der Waals surface area (Å²) in [5.41, 5.74) is 0.815. The van der Waals surface area contributed by atoms with Crippen molar-refractivity contribution in [2.75, 3.05) is 5.32 Å². The first-order chi connectivity index (χ1) is 14.9. The predicted molar refractivity (Wildman–Crippen MR) is 120 cm³/mol. The Bertz CT molecular complexity index is 899. The van der Waals surface area contributed by atoms with E-state index in [0.29, 0.717) is 17.0 Å². The number of hydrogen-bond donors (Lipinski definition) is 2. The Labute approximate surface area is 195 Å². The van der Waals surface area contributed by atoms with Gasteiger partial charge in [-0.2, -0.15) is 13.2 Å². The first kappa shape index (κ1) is 26.3. The molecule has 1 aromatic carbocycles. The number of carboxylic acid groups (broad SMARTS) is 1. The van der Waals surface area contributed by atoms with E-state index in [2.05, 4.69) is 5.32 Å². The van der Waals surface area contributed by atoms with E-state index in [1.54, 1.807) is 18.2 Å². The second-order valence-corrected chi connectivity index (χ2v) is 8.86. The first-order valence-corrected chi connectivity index (χ1v) is 11.1. The highest BCUT2D eigenvalue weighted by Gasteiger charge is 2.46. The standard InChI is InChI=1S/C23H26Cl2F3NO3/c1-3-4-15(12-20(30)31)16-7-10-18(25)19(11-16)29-22(32)21(13(2)23(26,27)28)14-5-8-17(24)9-6-14/h5,7-11,13-15,21H,3-4,6,12H2,1-2H3,(H,29,32)(H,30,31)/t13-,14?,15+,21+/m1/s1. The summed E-state index contributed by atoms with van der Waals surface area (Å²) >= 11 is 12.1. The normalized spacial score (nSPS) is 19.1. The fourth-order valence-corrected chi connectivity index (χ4v) is 4.25. The van der Waals surface area contributed by atoms with Crippen LogP contribution in [-0.4, -0.2) is 23.2 Å². The van der Waals surface area contributed by atoms with Crippen LogP contribution in [0.4, 0.5) is 18.9 Å². The fourth-order valence-electron chi connectivity index (χ4n) is 3.93. The molecule has 0 saturated heterocycles. The Morgan fingerprint density at radius 3 is 2.50 bits per heavy atom. The summed E-state index contributed by atoms with van der Waals surface area (Å²) in [5, 5.41) is 12.3. The number of alkyl halides is 3. The van der Waals surface area contributed by atoms with Crippen LogP contribution in [0.2, 0.25) is 5.02 Å². The second kappa shape index (κ2) is 11.2. The summed E-state index contributed by atoms with van der Waals surface area (Å²) in [7, 11) is 0. The zero-order chi connectivity index (χ0) is 24.1. The minimum absolute atomic E-state index is 0.101. The third-order valence-electron chi connectivity index (χ3n) is 5.68. The van der Waals surface area contributed by atoms with E-state index in [-0.39, 0.29) is 29.5 Å². The van der Waals surface area contributed by atoms with Crippen molar-refractivity contribution in [2.45, 2.75) is 51.6 Å². The third kappa shape index (κ3) is 7.01. The monoisotopic (exact) mass is 491 g/mol. The lowest BCUT2D eigenvalue weighted by Gasteiger charge is -2.31. The van der Waals surface area contributed by atoms with Gasteiger partial charge in [0.15, 0.2) is 0 Å². The first-order valence-electron chi connectivity index (χ1n) is 10.4. The van der Waals surface area contributed by atoms with Crippen LogP contribution in [0.25, 0.3) is 0 Å². The van der Waals surface area contributed by atoms with Gasteiger partial charge >= 0.3 is 12.1 Å². The van der Waals surface area contributed by atoms with Crippen LogP contribution in [0.15, 0.2) is 41.5 Å². The molecule has 4 atom stereocenters. The van der Waals surface area contributed by atoms with Crippen molar-refractivity contribution in [3.05, 3.63) is 52.0 Å². The van der Waals surface area contributed by atoms with Crippen LogP contribution >= 0.6 is 23.2 Å². The lowest BCUT2D eigenvalue weighted by atomic mass is 9.78. The van der Waals surface area contributed by atoms with E-state index in [1.807, 2.05) is 6.92 Å². The van der Waals surface area contributed by atoms with Gasteiger partial charge in [0.1, 0.15) is 0 Å². The molecule has 4 nitrogen and oxygen atoms in total. The number of rotatable bonds is 9. The molecular formula is C23H26Cl2F3NO3. The highest BCUT2D eigenvalue weighted by Crippen LogP contribution is 2.40. The van der Waals surface area contributed by atoms with Gasteiger partial charge in [-0.05, 0) is 48.4 Å². The third-order valence-corrected chi connectivity index (χ3v) is 6.29.